The zero-order valence-electron chi connectivity index (χ0n) is 19.3. The average molecular weight is 451 g/mol. The molecule has 0 aromatic carbocycles. The fraction of sp³-hybridized carbons (Fsp3) is 0.458. The van der Waals surface area contributed by atoms with Crippen molar-refractivity contribution in [2.75, 3.05) is 36.5 Å². The van der Waals surface area contributed by atoms with Crippen LogP contribution in [0.2, 0.25) is 0 Å². The van der Waals surface area contributed by atoms with E-state index in [0.717, 1.165) is 41.1 Å². The normalized spacial score (nSPS) is 17.3. The van der Waals surface area contributed by atoms with Crippen molar-refractivity contribution >= 4 is 11.4 Å². The van der Waals surface area contributed by atoms with Crippen LogP contribution in [0.15, 0.2) is 35.4 Å². The maximum atomic E-state index is 12.8. The van der Waals surface area contributed by atoms with Crippen molar-refractivity contribution in [3.63, 3.8) is 0 Å². The Morgan fingerprint density at radius 2 is 1.94 bits per heavy atom. The van der Waals surface area contributed by atoms with Crippen molar-refractivity contribution in [3.8, 4) is 11.1 Å². The molecule has 4 heterocycles. The summed E-state index contributed by atoms with van der Waals surface area (Å²) >= 11 is 0. The van der Waals surface area contributed by atoms with Gasteiger partial charge in [-0.25, -0.2) is 0 Å². The summed E-state index contributed by atoms with van der Waals surface area (Å²) in [6.45, 7) is 4.55. The highest BCUT2D eigenvalue weighted by atomic mass is 16.5. The molecule has 9 heteroatoms. The van der Waals surface area contributed by atoms with Crippen LogP contribution in [0.4, 0.5) is 11.4 Å². The maximum Gasteiger partial charge on any atom is 0.273 e. The number of nitrogens with zero attached hydrogens (tertiary/aromatic N) is 5. The fourth-order valence-corrected chi connectivity index (χ4v) is 4.35. The van der Waals surface area contributed by atoms with Crippen molar-refractivity contribution in [2.45, 2.75) is 31.9 Å². The molecule has 1 aliphatic carbocycles. The van der Waals surface area contributed by atoms with Gasteiger partial charge < -0.3 is 24.6 Å². The number of aliphatic hydroxyl groups excluding tert-OH is 1. The minimum absolute atomic E-state index is 0.0290. The highest BCUT2D eigenvalue weighted by molar-refractivity contribution is 5.72. The van der Waals surface area contributed by atoms with Crippen LogP contribution in [0.5, 0.6) is 0 Å². The molecule has 0 bridgehead atoms. The molecule has 0 radical (unpaired) electrons. The minimum atomic E-state index is -0.906. The Labute approximate surface area is 192 Å². The number of aromatic nitrogens is 4. The average Bonchev–Trinajstić information content (AvgIpc) is 3.59. The van der Waals surface area contributed by atoms with Gasteiger partial charge in [0.2, 0.25) is 0 Å². The summed E-state index contributed by atoms with van der Waals surface area (Å²) in [6, 6.07) is 5.87. The third-order valence-corrected chi connectivity index (χ3v) is 6.43. The molecule has 174 valence electrons. The van der Waals surface area contributed by atoms with E-state index in [0.29, 0.717) is 43.6 Å². The molecule has 9 nitrogen and oxygen atoms in total. The fourth-order valence-electron chi connectivity index (χ4n) is 4.35. The summed E-state index contributed by atoms with van der Waals surface area (Å²) in [7, 11) is 3.62. The van der Waals surface area contributed by atoms with Gasteiger partial charge in [0.15, 0.2) is 6.23 Å². The number of anilines is 2. The molecule has 1 saturated heterocycles. The van der Waals surface area contributed by atoms with Crippen LogP contribution in [0.3, 0.4) is 0 Å². The van der Waals surface area contributed by atoms with Crippen LogP contribution in [0.25, 0.3) is 11.1 Å². The molecular weight excluding hydrogens is 420 g/mol. The first-order valence-corrected chi connectivity index (χ1v) is 11.4. The molecule has 3 aromatic heterocycles. The van der Waals surface area contributed by atoms with Gasteiger partial charge in [-0.3, -0.25) is 14.5 Å². The number of nitrogens with one attached hydrogen (secondary N) is 1. The molecule has 0 amide bonds. The molecule has 3 aromatic rings. The quantitative estimate of drug-likeness (QED) is 0.556. The van der Waals surface area contributed by atoms with E-state index in [1.54, 1.807) is 22.5 Å². The Bertz CT molecular complexity index is 1220. The summed E-state index contributed by atoms with van der Waals surface area (Å²) in [4.78, 5) is 19.4. The molecule has 1 saturated carbocycles. The van der Waals surface area contributed by atoms with E-state index in [1.165, 1.54) is 0 Å². The zero-order valence-corrected chi connectivity index (χ0v) is 19.3. The molecule has 1 atom stereocenters. The molecule has 1 unspecified atom stereocenters. The smallest absolute Gasteiger partial charge is 0.273 e. The number of aliphatic hydroxyl groups is 1. The van der Waals surface area contributed by atoms with Gasteiger partial charge in [0.1, 0.15) is 5.69 Å². The number of hydrogen-bond acceptors (Lipinski definition) is 7. The van der Waals surface area contributed by atoms with E-state index in [2.05, 4.69) is 20.3 Å². The third-order valence-electron chi connectivity index (χ3n) is 6.43. The predicted molar refractivity (Wildman–Crippen MR) is 126 cm³/mol. The molecular formula is C24H30N6O3. The van der Waals surface area contributed by atoms with E-state index in [9.17, 15) is 9.90 Å². The van der Waals surface area contributed by atoms with E-state index < -0.39 is 6.23 Å². The van der Waals surface area contributed by atoms with Crippen LogP contribution in [0.1, 0.15) is 42.1 Å². The lowest BCUT2D eigenvalue weighted by Gasteiger charge is -2.28. The molecule has 5 rings (SSSR count). The van der Waals surface area contributed by atoms with E-state index in [4.69, 9.17) is 4.74 Å². The number of aryl methyl sites for hydroxylation is 3. The molecule has 2 N–H and O–H groups in total. The number of ether oxygens (including phenoxy) is 1. The molecule has 2 fully saturated rings. The lowest BCUT2D eigenvalue weighted by atomic mass is 10.0. The van der Waals surface area contributed by atoms with Crippen LogP contribution in [-0.4, -0.2) is 50.7 Å². The number of morpholine rings is 1. The second kappa shape index (κ2) is 8.64. The Kier molecular flexibility index (Phi) is 5.67. The van der Waals surface area contributed by atoms with Crippen molar-refractivity contribution in [3.05, 3.63) is 58.0 Å². The summed E-state index contributed by atoms with van der Waals surface area (Å²) in [6.07, 6.45) is 4.97. The number of hydrogen-bond donors (Lipinski definition) is 2. The Morgan fingerprint density at radius 3 is 2.67 bits per heavy atom. The van der Waals surface area contributed by atoms with Gasteiger partial charge in [-0.1, -0.05) is 0 Å². The van der Waals surface area contributed by atoms with Gasteiger partial charge in [0.05, 0.1) is 36.5 Å². The summed E-state index contributed by atoms with van der Waals surface area (Å²) < 4.78 is 8.79. The lowest BCUT2D eigenvalue weighted by molar-refractivity contribution is 0.122. The van der Waals surface area contributed by atoms with Gasteiger partial charge in [-0.2, -0.15) is 5.10 Å². The van der Waals surface area contributed by atoms with Crippen molar-refractivity contribution in [1.29, 1.82) is 0 Å². The highest BCUT2D eigenvalue weighted by Gasteiger charge is 2.28. The van der Waals surface area contributed by atoms with E-state index >= 15 is 0 Å². The highest BCUT2D eigenvalue weighted by Crippen LogP contribution is 2.40. The zero-order chi connectivity index (χ0) is 23.1. The first-order valence-electron chi connectivity index (χ1n) is 11.4. The van der Waals surface area contributed by atoms with Crippen molar-refractivity contribution in [1.82, 2.24) is 19.3 Å². The summed E-state index contributed by atoms with van der Waals surface area (Å²) in [5.41, 5.74) is 5.74. The largest absolute Gasteiger partial charge is 0.378 e. The van der Waals surface area contributed by atoms with Crippen LogP contribution in [0, 0.1) is 6.92 Å². The standard InChI is InChI=1S/C24H30N6O3/c1-15-19(17-10-22(24(32)28(2)14-17)30-6-8-33-9-7-30)11-18(13-25-15)26-23(31)21-12-20(16-4-5-16)27-29(21)3/h10-14,16,23,26,31H,4-9H2,1-3H3. The van der Waals surface area contributed by atoms with Crippen molar-refractivity contribution in [2.24, 2.45) is 14.1 Å². The molecule has 33 heavy (non-hydrogen) atoms. The third kappa shape index (κ3) is 4.38. The number of rotatable bonds is 6. The Balaban J connectivity index is 1.44. The van der Waals surface area contributed by atoms with Gasteiger partial charge >= 0.3 is 0 Å². The summed E-state index contributed by atoms with van der Waals surface area (Å²) in [5, 5.41) is 18.5. The van der Waals surface area contributed by atoms with Crippen molar-refractivity contribution < 1.29 is 9.84 Å². The van der Waals surface area contributed by atoms with Gasteiger partial charge in [-0.05, 0) is 38.0 Å². The molecule has 1 aliphatic heterocycles. The number of pyridine rings is 2. The van der Waals surface area contributed by atoms with Crippen LogP contribution < -0.4 is 15.8 Å². The Hall–Kier alpha value is -3.17. The first-order chi connectivity index (χ1) is 15.9. The molecule has 2 aliphatic rings. The monoisotopic (exact) mass is 450 g/mol. The van der Waals surface area contributed by atoms with E-state index in [-0.39, 0.29) is 5.56 Å². The Morgan fingerprint density at radius 1 is 1.18 bits per heavy atom. The predicted octanol–water partition coefficient (Wildman–Crippen LogP) is 2.31. The van der Waals surface area contributed by atoms with Crippen LogP contribution in [-0.2, 0) is 18.8 Å². The first kappa shape index (κ1) is 21.7. The summed E-state index contributed by atoms with van der Waals surface area (Å²) in [5.74, 6) is 0.523. The maximum absolute atomic E-state index is 12.8. The van der Waals surface area contributed by atoms with Gasteiger partial charge in [0, 0.05) is 56.1 Å². The minimum Gasteiger partial charge on any atom is -0.378 e. The second-order valence-electron chi connectivity index (χ2n) is 8.93. The van der Waals surface area contributed by atoms with E-state index in [1.807, 2.05) is 38.4 Å². The topological polar surface area (TPSA) is 97.4 Å². The second-order valence-corrected chi connectivity index (χ2v) is 8.93. The SMILES string of the molecule is Cc1ncc(NC(O)c2cc(C3CC3)nn2C)cc1-c1cc(N2CCOCC2)c(=O)n(C)c1. The van der Waals surface area contributed by atoms with Gasteiger partial charge in [-0.15, -0.1) is 0 Å². The molecule has 0 spiro atoms. The van der Waals surface area contributed by atoms with Gasteiger partial charge in [0.25, 0.3) is 5.56 Å². The lowest BCUT2D eigenvalue weighted by Crippen LogP contribution is -2.40. The van der Waals surface area contributed by atoms with Crippen LogP contribution >= 0.6 is 0 Å².